The first-order chi connectivity index (χ1) is 14.9. The molecular weight excluding hydrogens is 388 g/mol. The summed E-state index contributed by atoms with van der Waals surface area (Å²) < 4.78 is 11.6. The molecule has 4 aromatic rings. The van der Waals surface area contributed by atoms with Crippen molar-refractivity contribution in [1.29, 1.82) is 0 Å². The summed E-state index contributed by atoms with van der Waals surface area (Å²) in [6.45, 7) is 8.26. The minimum absolute atomic E-state index is 0.0609. The standard InChI is InChI=1S/C26H26N2O3/c1-16(2)19-8-10-20(11-9-19)26-28-22-14-21(12-13-24(22)31-26)27-25(29)15-30-23-7-5-6-17(3)18(23)4/h5-14,16H,15H2,1-4H3,(H,27,29). The number of carbonyl (C=O) groups excluding carboxylic acids is 1. The van der Waals surface area contributed by atoms with Crippen molar-refractivity contribution in [3.63, 3.8) is 0 Å². The maximum Gasteiger partial charge on any atom is 0.262 e. The third-order valence-electron chi connectivity index (χ3n) is 5.41. The van der Waals surface area contributed by atoms with Gasteiger partial charge in [0.1, 0.15) is 11.3 Å². The quantitative estimate of drug-likeness (QED) is 0.405. The molecule has 3 aromatic carbocycles. The van der Waals surface area contributed by atoms with Crippen LogP contribution in [0.15, 0.2) is 65.1 Å². The van der Waals surface area contributed by atoms with E-state index in [1.54, 1.807) is 12.1 Å². The number of oxazole rings is 1. The van der Waals surface area contributed by atoms with Gasteiger partial charge in [-0.2, -0.15) is 0 Å². The minimum Gasteiger partial charge on any atom is -0.483 e. The molecule has 0 aliphatic heterocycles. The van der Waals surface area contributed by atoms with Gasteiger partial charge >= 0.3 is 0 Å². The zero-order chi connectivity index (χ0) is 22.0. The van der Waals surface area contributed by atoms with Gasteiger partial charge in [0.25, 0.3) is 5.91 Å². The van der Waals surface area contributed by atoms with Crippen molar-refractivity contribution in [2.45, 2.75) is 33.6 Å². The van der Waals surface area contributed by atoms with Crippen molar-refractivity contribution in [2.75, 3.05) is 11.9 Å². The van der Waals surface area contributed by atoms with Crippen LogP contribution >= 0.6 is 0 Å². The first-order valence-corrected chi connectivity index (χ1v) is 10.4. The van der Waals surface area contributed by atoms with Crippen LogP contribution in [-0.2, 0) is 4.79 Å². The smallest absolute Gasteiger partial charge is 0.262 e. The Balaban J connectivity index is 1.45. The van der Waals surface area contributed by atoms with Crippen molar-refractivity contribution >= 4 is 22.7 Å². The number of hydrogen-bond donors (Lipinski definition) is 1. The Labute approximate surface area is 182 Å². The van der Waals surface area contributed by atoms with Crippen LogP contribution in [0.3, 0.4) is 0 Å². The molecule has 0 unspecified atom stereocenters. The highest BCUT2D eigenvalue weighted by Gasteiger charge is 2.11. The van der Waals surface area contributed by atoms with E-state index in [1.165, 1.54) is 5.56 Å². The molecule has 4 rings (SSSR count). The maximum absolute atomic E-state index is 12.4. The molecule has 0 bridgehead atoms. The van der Waals surface area contributed by atoms with Crippen molar-refractivity contribution in [1.82, 2.24) is 4.98 Å². The van der Waals surface area contributed by atoms with Gasteiger partial charge in [-0.25, -0.2) is 4.98 Å². The third kappa shape index (κ3) is 4.61. The lowest BCUT2D eigenvalue weighted by atomic mass is 10.0. The van der Waals surface area contributed by atoms with Gasteiger partial charge in [-0.3, -0.25) is 4.79 Å². The van der Waals surface area contributed by atoms with Gasteiger partial charge < -0.3 is 14.5 Å². The fourth-order valence-corrected chi connectivity index (χ4v) is 3.36. The third-order valence-corrected chi connectivity index (χ3v) is 5.41. The Morgan fingerprint density at radius 1 is 1.06 bits per heavy atom. The molecule has 0 aliphatic carbocycles. The second kappa shape index (κ2) is 8.64. The normalized spacial score (nSPS) is 11.1. The molecule has 0 aliphatic rings. The van der Waals surface area contributed by atoms with E-state index >= 15 is 0 Å². The SMILES string of the molecule is Cc1cccc(OCC(=O)Nc2ccc3oc(-c4ccc(C(C)C)cc4)nc3c2)c1C. The minimum atomic E-state index is -0.228. The summed E-state index contributed by atoms with van der Waals surface area (Å²) in [4.78, 5) is 16.9. The number of carbonyl (C=O) groups is 1. The predicted octanol–water partition coefficient (Wildman–Crippen LogP) is 6.25. The molecule has 5 heteroatoms. The second-order valence-corrected chi connectivity index (χ2v) is 8.01. The molecule has 1 N–H and O–H groups in total. The summed E-state index contributed by atoms with van der Waals surface area (Å²) in [5.41, 5.74) is 6.37. The van der Waals surface area contributed by atoms with E-state index in [4.69, 9.17) is 9.15 Å². The molecule has 158 valence electrons. The first kappa shape index (κ1) is 20.7. The number of aryl methyl sites for hydroxylation is 1. The fourth-order valence-electron chi connectivity index (χ4n) is 3.36. The number of anilines is 1. The van der Waals surface area contributed by atoms with Gasteiger partial charge in [0.05, 0.1) is 0 Å². The van der Waals surface area contributed by atoms with Gasteiger partial charge in [-0.05, 0) is 72.9 Å². The summed E-state index contributed by atoms with van der Waals surface area (Å²) in [7, 11) is 0. The average molecular weight is 415 g/mol. The molecule has 31 heavy (non-hydrogen) atoms. The molecule has 0 radical (unpaired) electrons. The number of nitrogens with zero attached hydrogens (tertiary/aromatic N) is 1. The molecule has 0 saturated heterocycles. The van der Waals surface area contributed by atoms with Crippen molar-refractivity contribution in [2.24, 2.45) is 0 Å². The molecule has 0 atom stereocenters. The van der Waals surface area contributed by atoms with E-state index in [0.717, 1.165) is 22.4 Å². The lowest BCUT2D eigenvalue weighted by Crippen LogP contribution is -2.20. The molecule has 0 fully saturated rings. The van der Waals surface area contributed by atoms with Gasteiger partial charge in [0.15, 0.2) is 12.2 Å². The topological polar surface area (TPSA) is 64.4 Å². The Morgan fingerprint density at radius 3 is 2.58 bits per heavy atom. The summed E-state index contributed by atoms with van der Waals surface area (Å²) in [5.74, 6) is 1.53. The lowest BCUT2D eigenvalue weighted by molar-refractivity contribution is -0.118. The molecule has 0 spiro atoms. The Morgan fingerprint density at radius 2 is 1.84 bits per heavy atom. The van der Waals surface area contributed by atoms with Crippen LogP contribution in [0.5, 0.6) is 5.75 Å². The van der Waals surface area contributed by atoms with Crippen LogP contribution in [0.2, 0.25) is 0 Å². The first-order valence-electron chi connectivity index (χ1n) is 10.4. The van der Waals surface area contributed by atoms with Crippen LogP contribution in [0.1, 0.15) is 36.5 Å². The monoisotopic (exact) mass is 414 g/mol. The number of rotatable bonds is 6. The molecular formula is C26H26N2O3. The summed E-state index contributed by atoms with van der Waals surface area (Å²) in [6, 6.07) is 19.5. The van der Waals surface area contributed by atoms with Crippen LogP contribution in [0.25, 0.3) is 22.6 Å². The fraction of sp³-hybridized carbons (Fsp3) is 0.231. The number of amides is 1. The Hall–Kier alpha value is -3.60. The van der Waals surface area contributed by atoms with Gasteiger partial charge in [0.2, 0.25) is 5.89 Å². The molecule has 1 aromatic heterocycles. The Kier molecular flexibility index (Phi) is 5.76. The number of hydrogen-bond acceptors (Lipinski definition) is 4. The number of benzene rings is 3. The molecule has 1 heterocycles. The zero-order valence-electron chi connectivity index (χ0n) is 18.2. The highest BCUT2D eigenvalue weighted by atomic mass is 16.5. The maximum atomic E-state index is 12.4. The molecule has 5 nitrogen and oxygen atoms in total. The van der Waals surface area contributed by atoms with Crippen LogP contribution in [-0.4, -0.2) is 17.5 Å². The van der Waals surface area contributed by atoms with Crippen LogP contribution < -0.4 is 10.1 Å². The van der Waals surface area contributed by atoms with Gasteiger partial charge in [-0.1, -0.05) is 38.1 Å². The highest BCUT2D eigenvalue weighted by molar-refractivity contribution is 5.94. The van der Waals surface area contributed by atoms with E-state index in [-0.39, 0.29) is 12.5 Å². The predicted molar refractivity (Wildman–Crippen MR) is 124 cm³/mol. The van der Waals surface area contributed by atoms with E-state index in [9.17, 15) is 4.79 Å². The molecule has 0 saturated carbocycles. The van der Waals surface area contributed by atoms with Gasteiger partial charge in [0, 0.05) is 11.3 Å². The highest BCUT2D eigenvalue weighted by Crippen LogP contribution is 2.27. The van der Waals surface area contributed by atoms with Crippen molar-refractivity contribution < 1.29 is 13.9 Å². The van der Waals surface area contributed by atoms with E-state index in [2.05, 4.69) is 36.3 Å². The summed E-state index contributed by atoms with van der Waals surface area (Å²) >= 11 is 0. The van der Waals surface area contributed by atoms with Crippen molar-refractivity contribution in [3.8, 4) is 17.2 Å². The van der Waals surface area contributed by atoms with E-state index in [0.29, 0.717) is 28.6 Å². The van der Waals surface area contributed by atoms with E-state index < -0.39 is 0 Å². The van der Waals surface area contributed by atoms with Crippen LogP contribution in [0.4, 0.5) is 5.69 Å². The number of nitrogens with one attached hydrogen (secondary N) is 1. The van der Waals surface area contributed by atoms with Crippen LogP contribution in [0, 0.1) is 13.8 Å². The number of ether oxygens (including phenoxy) is 1. The largest absolute Gasteiger partial charge is 0.483 e. The zero-order valence-corrected chi connectivity index (χ0v) is 18.2. The lowest BCUT2D eigenvalue weighted by Gasteiger charge is -2.11. The van der Waals surface area contributed by atoms with Gasteiger partial charge in [-0.15, -0.1) is 0 Å². The summed E-state index contributed by atoms with van der Waals surface area (Å²) in [5, 5.41) is 2.86. The Bertz CT molecular complexity index is 1220. The number of fused-ring (bicyclic) bond motifs is 1. The van der Waals surface area contributed by atoms with Crippen molar-refractivity contribution in [3.05, 3.63) is 77.4 Å². The number of aromatic nitrogens is 1. The average Bonchev–Trinajstić information content (AvgIpc) is 3.18. The summed E-state index contributed by atoms with van der Waals surface area (Å²) in [6.07, 6.45) is 0. The molecule has 1 amide bonds. The second-order valence-electron chi connectivity index (χ2n) is 8.01. The van der Waals surface area contributed by atoms with E-state index in [1.807, 2.05) is 50.2 Å².